The maximum atomic E-state index is 4.61. The van der Waals surface area contributed by atoms with E-state index >= 15 is 0 Å². The summed E-state index contributed by atoms with van der Waals surface area (Å²) >= 11 is 1.80. The molecule has 3 rings (SSSR count). The highest BCUT2D eigenvalue weighted by Gasteiger charge is 2.46. The van der Waals surface area contributed by atoms with Crippen molar-refractivity contribution >= 4 is 11.3 Å². The molecular weight excluding hydrogens is 230 g/mol. The molecule has 3 nitrogen and oxygen atoms in total. The Morgan fingerprint density at radius 2 is 2.41 bits per heavy atom. The van der Waals surface area contributed by atoms with Crippen molar-refractivity contribution in [3.63, 3.8) is 0 Å². The highest BCUT2D eigenvalue weighted by molar-refractivity contribution is 7.09. The zero-order valence-electron chi connectivity index (χ0n) is 10.7. The van der Waals surface area contributed by atoms with E-state index < -0.39 is 0 Å². The van der Waals surface area contributed by atoms with Crippen molar-refractivity contribution in [2.45, 2.75) is 38.8 Å². The fourth-order valence-electron chi connectivity index (χ4n) is 2.93. The van der Waals surface area contributed by atoms with Crippen LogP contribution in [0.15, 0.2) is 5.38 Å². The van der Waals surface area contributed by atoms with E-state index in [2.05, 4.69) is 34.4 Å². The van der Waals surface area contributed by atoms with Crippen LogP contribution in [-0.2, 0) is 6.54 Å². The molecule has 1 aromatic rings. The van der Waals surface area contributed by atoms with E-state index in [-0.39, 0.29) is 0 Å². The number of aromatic nitrogens is 1. The number of thiazole rings is 1. The van der Waals surface area contributed by atoms with Crippen LogP contribution in [0, 0.1) is 12.8 Å². The molecule has 1 aliphatic heterocycles. The average molecular weight is 251 g/mol. The Hall–Kier alpha value is -0.450. The molecule has 1 unspecified atom stereocenters. The quantitative estimate of drug-likeness (QED) is 0.891. The molecule has 94 valence electrons. The van der Waals surface area contributed by atoms with Gasteiger partial charge in [0.05, 0.1) is 6.54 Å². The van der Waals surface area contributed by atoms with Crippen LogP contribution in [0.2, 0.25) is 0 Å². The smallest absolute Gasteiger partial charge is 0.107 e. The molecule has 1 aliphatic carbocycles. The predicted octanol–water partition coefficient (Wildman–Crippen LogP) is 2.03. The Morgan fingerprint density at radius 1 is 1.59 bits per heavy atom. The van der Waals surface area contributed by atoms with Gasteiger partial charge in [-0.2, -0.15) is 0 Å². The van der Waals surface area contributed by atoms with E-state index in [9.17, 15) is 0 Å². The van der Waals surface area contributed by atoms with Crippen molar-refractivity contribution < 1.29 is 0 Å². The van der Waals surface area contributed by atoms with E-state index in [4.69, 9.17) is 0 Å². The van der Waals surface area contributed by atoms with Crippen molar-refractivity contribution in [3.05, 3.63) is 16.1 Å². The fraction of sp³-hybridized carbons (Fsp3) is 0.769. The van der Waals surface area contributed by atoms with Crippen LogP contribution >= 0.6 is 11.3 Å². The highest BCUT2D eigenvalue weighted by Crippen LogP contribution is 2.44. The second-order valence-corrected chi connectivity index (χ2v) is 6.56. The van der Waals surface area contributed by atoms with Gasteiger partial charge in [0, 0.05) is 36.2 Å². The fourth-order valence-corrected chi connectivity index (χ4v) is 3.72. The van der Waals surface area contributed by atoms with Crippen LogP contribution < -0.4 is 5.32 Å². The van der Waals surface area contributed by atoms with Crippen LogP contribution in [0.5, 0.6) is 0 Å². The predicted molar refractivity (Wildman–Crippen MR) is 71.3 cm³/mol. The summed E-state index contributed by atoms with van der Waals surface area (Å²) in [5, 5.41) is 6.99. The van der Waals surface area contributed by atoms with Gasteiger partial charge in [-0.25, -0.2) is 4.98 Å². The second-order valence-electron chi connectivity index (χ2n) is 5.61. The largest absolute Gasteiger partial charge is 0.314 e. The minimum absolute atomic E-state index is 0.359. The summed E-state index contributed by atoms with van der Waals surface area (Å²) in [7, 11) is 0. The lowest BCUT2D eigenvalue weighted by Crippen LogP contribution is -2.60. The number of hydrogen-bond acceptors (Lipinski definition) is 4. The average Bonchev–Trinajstić information content (AvgIpc) is 3.08. The van der Waals surface area contributed by atoms with Gasteiger partial charge in [0.1, 0.15) is 5.01 Å². The third kappa shape index (κ3) is 2.26. The summed E-state index contributed by atoms with van der Waals surface area (Å²) in [4.78, 5) is 7.26. The first-order valence-electron chi connectivity index (χ1n) is 6.55. The molecule has 2 fully saturated rings. The zero-order chi connectivity index (χ0) is 11.9. The Kier molecular flexibility index (Phi) is 2.97. The Balaban J connectivity index is 1.75. The molecule has 2 aliphatic rings. The monoisotopic (exact) mass is 251 g/mol. The first kappa shape index (κ1) is 11.6. The van der Waals surface area contributed by atoms with E-state index in [1.807, 2.05) is 0 Å². The summed E-state index contributed by atoms with van der Waals surface area (Å²) in [6, 6.07) is 0. The van der Waals surface area contributed by atoms with Gasteiger partial charge in [-0.3, -0.25) is 4.90 Å². The molecule has 0 radical (unpaired) electrons. The first-order valence-corrected chi connectivity index (χ1v) is 7.43. The van der Waals surface area contributed by atoms with Crippen LogP contribution in [0.4, 0.5) is 0 Å². The Labute approximate surface area is 107 Å². The number of rotatable bonds is 3. The standard InChI is InChI=1S/C13H21N3S/c1-10-8-17-12(15-10)7-16-6-5-14-9-13(16,2)11-3-4-11/h8,11,14H,3-7,9H2,1-2H3. The van der Waals surface area contributed by atoms with Gasteiger partial charge >= 0.3 is 0 Å². The van der Waals surface area contributed by atoms with Crippen LogP contribution in [0.3, 0.4) is 0 Å². The zero-order valence-corrected chi connectivity index (χ0v) is 11.5. The lowest BCUT2D eigenvalue weighted by Gasteiger charge is -2.45. The third-order valence-corrected chi connectivity index (χ3v) is 5.16. The maximum Gasteiger partial charge on any atom is 0.107 e. The van der Waals surface area contributed by atoms with Gasteiger partial charge in [-0.05, 0) is 32.6 Å². The normalized spacial score (nSPS) is 30.7. The molecule has 1 N–H and O–H groups in total. The SMILES string of the molecule is Cc1csc(CN2CCNCC2(C)C2CC2)n1. The van der Waals surface area contributed by atoms with E-state index in [1.54, 1.807) is 11.3 Å². The van der Waals surface area contributed by atoms with Gasteiger partial charge in [0.25, 0.3) is 0 Å². The van der Waals surface area contributed by atoms with Crippen molar-refractivity contribution in [1.82, 2.24) is 15.2 Å². The van der Waals surface area contributed by atoms with Crippen LogP contribution in [0.1, 0.15) is 30.5 Å². The number of aryl methyl sites for hydroxylation is 1. The minimum Gasteiger partial charge on any atom is -0.314 e. The molecule has 1 aromatic heterocycles. The van der Waals surface area contributed by atoms with E-state index in [0.717, 1.165) is 37.8 Å². The topological polar surface area (TPSA) is 28.2 Å². The number of nitrogens with zero attached hydrogens (tertiary/aromatic N) is 2. The van der Waals surface area contributed by atoms with Crippen molar-refractivity contribution in [1.29, 1.82) is 0 Å². The second kappa shape index (κ2) is 4.34. The summed E-state index contributed by atoms with van der Waals surface area (Å²) in [5.41, 5.74) is 1.52. The summed E-state index contributed by atoms with van der Waals surface area (Å²) in [6.45, 7) is 8.96. The molecule has 1 saturated carbocycles. The molecule has 4 heteroatoms. The third-order valence-electron chi connectivity index (χ3n) is 4.21. The number of nitrogens with one attached hydrogen (secondary N) is 1. The lowest BCUT2D eigenvalue weighted by atomic mass is 9.91. The van der Waals surface area contributed by atoms with Crippen LogP contribution in [-0.4, -0.2) is 35.1 Å². The molecule has 0 aromatic carbocycles. The summed E-state index contributed by atoms with van der Waals surface area (Å²) in [6.07, 6.45) is 2.82. The maximum absolute atomic E-state index is 4.61. The Bertz CT molecular complexity index is 399. The molecule has 1 atom stereocenters. The van der Waals surface area contributed by atoms with Crippen molar-refractivity contribution in [2.24, 2.45) is 5.92 Å². The van der Waals surface area contributed by atoms with Gasteiger partial charge in [0.15, 0.2) is 0 Å². The molecular formula is C13H21N3S. The first-order chi connectivity index (χ1) is 8.18. The molecule has 0 spiro atoms. The molecule has 0 amide bonds. The van der Waals surface area contributed by atoms with Gasteiger partial charge < -0.3 is 5.32 Å². The number of hydrogen-bond donors (Lipinski definition) is 1. The number of piperazine rings is 1. The van der Waals surface area contributed by atoms with E-state index in [0.29, 0.717) is 5.54 Å². The minimum atomic E-state index is 0.359. The summed E-state index contributed by atoms with van der Waals surface area (Å²) < 4.78 is 0. The van der Waals surface area contributed by atoms with Crippen molar-refractivity contribution in [3.8, 4) is 0 Å². The summed E-state index contributed by atoms with van der Waals surface area (Å²) in [5.74, 6) is 0.899. The van der Waals surface area contributed by atoms with Gasteiger partial charge in [0.2, 0.25) is 0 Å². The van der Waals surface area contributed by atoms with Crippen LogP contribution in [0.25, 0.3) is 0 Å². The van der Waals surface area contributed by atoms with Gasteiger partial charge in [-0.1, -0.05) is 0 Å². The molecule has 2 heterocycles. The van der Waals surface area contributed by atoms with Crippen molar-refractivity contribution in [2.75, 3.05) is 19.6 Å². The highest BCUT2D eigenvalue weighted by atomic mass is 32.1. The van der Waals surface area contributed by atoms with E-state index in [1.165, 1.54) is 17.8 Å². The lowest BCUT2D eigenvalue weighted by molar-refractivity contribution is 0.0483. The molecule has 0 bridgehead atoms. The molecule has 17 heavy (non-hydrogen) atoms. The Morgan fingerprint density at radius 3 is 3.06 bits per heavy atom. The molecule has 1 saturated heterocycles. The van der Waals surface area contributed by atoms with Gasteiger partial charge in [-0.15, -0.1) is 11.3 Å².